The van der Waals surface area contributed by atoms with Crippen LogP contribution in [0.5, 0.6) is 11.5 Å². The summed E-state index contributed by atoms with van der Waals surface area (Å²) in [6, 6.07) is 13.4. The summed E-state index contributed by atoms with van der Waals surface area (Å²) in [5.41, 5.74) is 3.73. The molecule has 1 amide bonds. The number of phenols is 1. The minimum Gasteiger partial charge on any atom is -0.508 e. The topological polar surface area (TPSA) is 70.9 Å². The molecule has 0 aliphatic carbocycles. The summed E-state index contributed by atoms with van der Waals surface area (Å²) in [5, 5.41) is 13.1. The summed E-state index contributed by atoms with van der Waals surface area (Å²) >= 11 is 0. The molecule has 2 aromatic rings. The molecule has 0 unspecified atom stereocenters. The fourth-order valence-corrected chi connectivity index (χ4v) is 1.75. The first-order valence-corrected chi connectivity index (χ1v) is 6.94. The van der Waals surface area contributed by atoms with Crippen molar-refractivity contribution >= 4 is 12.1 Å². The summed E-state index contributed by atoms with van der Waals surface area (Å²) < 4.78 is 5.52. The van der Waals surface area contributed by atoms with Gasteiger partial charge in [0.2, 0.25) is 0 Å². The molecule has 22 heavy (non-hydrogen) atoms. The number of rotatable bonds is 5. The van der Waals surface area contributed by atoms with Crippen LogP contribution in [-0.2, 0) is 0 Å². The Morgan fingerprint density at radius 3 is 2.36 bits per heavy atom. The van der Waals surface area contributed by atoms with Crippen molar-refractivity contribution in [3.63, 3.8) is 0 Å². The maximum Gasteiger partial charge on any atom is 0.271 e. The number of carbonyl (C=O) groups excluding carboxylic acids is 1. The van der Waals surface area contributed by atoms with Gasteiger partial charge in [0.05, 0.1) is 12.3 Å². The Labute approximate surface area is 129 Å². The molecule has 0 spiro atoms. The Balaban J connectivity index is 1.93. The number of amides is 1. The Kier molecular flexibility index (Phi) is 5.14. The summed E-state index contributed by atoms with van der Waals surface area (Å²) in [6.45, 7) is 3.89. The number of nitrogens with zero attached hydrogens (tertiary/aromatic N) is 1. The minimum absolute atomic E-state index is 0.0922. The van der Waals surface area contributed by atoms with E-state index in [1.54, 1.807) is 48.5 Å². The van der Waals surface area contributed by atoms with E-state index in [9.17, 15) is 9.90 Å². The third kappa shape index (κ3) is 4.63. The van der Waals surface area contributed by atoms with Crippen LogP contribution in [-0.4, -0.2) is 23.3 Å². The van der Waals surface area contributed by atoms with Crippen molar-refractivity contribution in [1.29, 1.82) is 0 Å². The molecule has 0 aliphatic rings. The lowest BCUT2D eigenvalue weighted by Crippen LogP contribution is -2.17. The van der Waals surface area contributed by atoms with Gasteiger partial charge in [-0.25, -0.2) is 5.43 Å². The molecule has 0 aromatic heterocycles. The van der Waals surface area contributed by atoms with Gasteiger partial charge in [-0.15, -0.1) is 0 Å². The highest BCUT2D eigenvalue weighted by molar-refractivity contribution is 5.95. The van der Waals surface area contributed by atoms with Crippen LogP contribution in [0, 0.1) is 0 Å². The number of carbonyl (C=O) groups is 1. The van der Waals surface area contributed by atoms with E-state index < -0.39 is 0 Å². The van der Waals surface area contributed by atoms with Crippen molar-refractivity contribution in [2.75, 3.05) is 0 Å². The predicted molar refractivity (Wildman–Crippen MR) is 85.4 cm³/mol. The summed E-state index contributed by atoms with van der Waals surface area (Å²) in [6.07, 6.45) is 1.60. The second-order valence-electron chi connectivity index (χ2n) is 4.98. The zero-order valence-corrected chi connectivity index (χ0v) is 12.5. The van der Waals surface area contributed by atoms with Crippen LogP contribution in [0.2, 0.25) is 0 Å². The fourth-order valence-electron chi connectivity index (χ4n) is 1.75. The molecule has 0 bridgehead atoms. The van der Waals surface area contributed by atoms with E-state index in [0.717, 1.165) is 11.3 Å². The van der Waals surface area contributed by atoms with E-state index >= 15 is 0 Å². The SMILES string of the molecule is CC(C)Oc1ccc(C(=O)N/N=C/c2ccc(O)cc2)cc1. The van der Waals surface area contributed by atoms with E-state index in [-0.39, 0.29) is 17.8 Å². The first kappa shape index (κ1) is 15.6. The molecule has 5 heteroatoms. The highest BCUT2D eigenvalue weighted by atomic mass is 16.5. The van der Waals surface area contributed by atoms with Crippen LogP contribution < -0.4 is 10.2 Å². The standard InChI is InChI=1S/C17H18N2O3/c1-12(2)22-16-9-5-14(6-10-16)17(21)19-18-11-13-3-7-15(20)8-4-13/h3-12,20H,1-2H3,(H,19,21)/b18-11+. The minimum atomic E-state index is -0.300. The summed E-state index contributed by atoms with van der Waals surface area (Å²) in [7, 11) is 0. The molecule has 2 aromatic carbocycles. The average Bonchev–Trinajstić information content (AvgIpc) is 2.49. The van der Waals surface area contributed by atoms with Crippen LogP contribution >= 0.6 is 0 Å². The molecule has 0 saturated heterocycles. The molecule has 2 N–H and O–H groups in total. The molecule has 2 rings (SSSR count). The lowest BCUT2D eigenvalue weighted by atomic mass is 10.2. The molecule has 0 fully saturated rings. The monoisotopic (exact) mass is 298 g/mol. The number of hydrogen-bond donors (Lipinski definition) is 2. The predicted octanol–water partition coefficient (Wildman–Crippen LogP) is 2.94. The average molecular weight is 298 g/mol. The summed E-state index contributed by atoms with van der Waals surface area (Å²) in [4.78, 5) is 11.9. The fraction of sp³-hybridized carbons (Fsp3) is 0.176. The van der Waals surface area contributed by atoms with E-state index in [2.05, 4.69) is 10.5 Å². The maximum atomic E-state index is 11.9. The number of aromatic hydroxyl groups is 1. The number of hydrogen-bond acceptors (Lipinski definition) is 4. The zero-order chi connectivity index (χ0) is 15.9. The third-order valence-corrected chi connectivity index (χ3v) is 2.76. The molecule has 0 radical (unpaired) electrons. The number of hydrazone groups is 1. The van der Waals surface area contributed by atoms with Gasteiger partial charge in [0.25, 0.3) is 5.91 Å². The Morgan fingerprint density at radius 1 is 1.14 bits per heavy atom. The zero-order valence-electron chi connectivity index (χ0n) is 12.5. The summed E-state index contributed by atoms with van der Waals surface area (Å²) in [5.74, 6) is 0.607. The number of ether oxygens (including phenoxy) is 1. The van der Waals surface area contributed by atoms with Gasteiger partial charge in [0.15, 0.2) is 0 Å². The van der Waals surface area contributed by atoms with Gasteiger partial charge >= 0.3 is 0 Å². The van der Waals surface area contributed by atoms with Crippen LogP contribution in [0.3, 0.4) is 0 Å². The van der Waals surface area contributed by atoms with Crippen LogP contribution in [0.15, 0.2) is 53.6 Å². The van der Waals surface area contributed by atoms with Gasteiger partial charge in [-0.3, -0.25) is 4.79 Å². The smallest absolute Gasteiger partial charge is 0.271 e. The Hall–Kier alpha value is -2.82. The highest BCUT2D eigenvalue weighted by Crippen LogP contribution is 2.13. The van der Waals surface area contributed by atoms with Gasteiger partial charge in [-0.05, 0) is 67.9 Å². The van der Waals surface area contributed by atoms with Crippen molar-refractivity contribution in [3.8, 4) is 11.5 Å². The molecule has 0 atom stereocenters. The number of phenolic OH excluding ortho intramolecular Hbond substituents is 1. The molecule has 114 valence electrons. The lowest BCUT2D eigenvalue weighted by molar-refractivity contribution is 0.0955. The van der Waals surface area contributed by atoms with E-state index in [4.69, 9.17) is 4.74 Å². The van der Waals surface area contributed by atoms with Gasteiger partial charge in [-0.1, -0.05) is 0 Å². The van der Waals surface area contributed by atoms with Crippen LogP contribution in [0.25, 0.3) is 0 Å². The van der Waals surface area contributed by atoms with Gasteiger partial charge in [-0.2, -0.15) is 5.10 Å². The van der Waals surface area contributed by atoms with E-state index in [1.807, 2.05) is 13.8 Å². The first-order chi connectivity index (χ1) is 10.5. The molecular formula is C17H18N2O3. The van der Waals surface area contributed by atoms with Crippen molar-refractivity contribution in [1.82, 2.24) is 5.43 Å². The van der Waals surface area contributed by atoms with Gasteiger partial charge < -0.3 is 9.84 Å². The van der Waals surface area contributed by atoms with Gasteiger partial charge in [0, 0.05) is 5.56 Å². The van der Waals surface area contributed by atoms with Crippen molar-refractivity contribution in [2.45, 2.75) is 20.0 Å². The Bertz CT molecular complexity index is 647. The second kappa shape index (κ2) is 7.26. The molecule has 0 aliphatic heterocycles. The molecule has 5 nitrogen and oxygen atoms in total. The van der Waals surface area contributed by atoms with Crippen LogP contribution in [0.1, 0.15) is 29.8 Å². The quantitative estimate of drug-likeness (QED) is 0.658. The lowest BCUT2D eigenvalue weighted by Gasteiger charge is -2.09. The Morgan fingerprint density at radius 2 is 1.77 bits per heavy atom. The maximum absolute atomic E-state index is 11.9. The second-order valence-corrected chi connectivity index (χ2v) is 4.98. The van der Waals surface area contributed by atoms with E-state index in [0.29, 0.717) is 5.56 Å². The van der Waals surface area contributed by atoms with Crippen molar-refractivity contribution in [2.24, 2.45) is 5.10 Å². The third-order valence-electron chi connectivity index (χ3n) is 2.76. The molecular weight excluding hydrogens is 280 g/mol. The first-order valence-electron chi connectivity index (χ1n) is 6.94. The largest absolute Gasteiger partial charge is 0.508 e. The number of nitrogens with one attached hydrogen (secondary N) is 1. The number of benzene rings is 2. The van der Waals surface area contributed by atoms with Crippen molar-refractivity contribution < 1.29 is 14.6 Å². The molecule has 0 saturated carbocycles. The van der Waals surface area contributed by atoms with E-state index in [1.165, 1.54) is 6.21 Å². The molecule has 0 heterocycles. The van der Waals surface area contributed by atoms with Crippen LogP contribution in [0.4, 0.5) is 0 Å². The van der Waals surface area contributed by atoms with Crippen molar-refractivity contribution in [3.05, 3.63) is 59.7 Å². The normalized spacial score (nSPS) is 10.9. The highest BCUT2D eigenvalue weighted by Gasteiger charge is 2.05. The van der Waals surface area contributed by atoms with Gasteiger partial charge in [0.1, 0.15) is 11.5 Å².